The molecule has 2 aliphatic rings. The molecule has 214 valence electrons. The first-order valence-electron chi connectivity index (χ1n) is 12.7. The largest absolute Gasteiger partial charge is 0.384 e. The number of thioether (sulfide) groups is 1. The summed E-state index contributed by atoms with van der Waals surface area (Å²) in [6.45, 7) is 4.00. The van der Waals surface area contributed by atoms with Crippen molar-refractivity contribution in [1.82, 2.24) is 10.2 Å². The predicted molar refractivity (Wildman–Crippen MR) is 161 cm³/mol. The van der Waals surface area contributed by atoms with Gasteiger partial charge in [-0.3, -0.25) is 24.6 Å². The third kappa shape index (κ3) is 5.87. The summed E-state index contributed by atoms with van der Waals surface area (Å²) in [5.41, 5.74) is 8.53. The Hall–Kier alpha value is -4.25. The topological polar surface area (TPSA) is 168 Å². The van der Waals surface area contributed by atoms with Crippen molar-refractivity contribution in [3.8, 4) is 6.07 Å². The molecule has 0 saturated carbocycles. The summed E-state index contributed by atoms with van der Waals surface area (Å²) in [5, 5.41) is 33.2. The monoisotopic (exact) mass is 621 g/mol. The Morgan fingerprint density at radius 3 is 2.76 bits per heavy atom. The molecule has 3 aromatic rings. The number of nitrogens with zero attached hydrogens (tertiary/aromatic N) is 5. The van der Waals surface area contributed by atoms with Gasteiger partial charge in [0.25, 0.3) is 5.69 Å². The molecule has 11 nitrogen and oxygen atoms in total. The molecule has 0 saturated heterocycles. The Balaban J connectivity index is 1.44. The highest BCUT2D eigenvalue weighted by atomic mass is 35.5. The van der Waals surface area contributed by atoms with Gasteiger partial charge in [0.2, 0.25) is 11.0 Å². The number of hydrogen-bond acceptors (Lipinski definition) is 11. The fraction of sp³-hybridized carbons (Fsp3) is 0.250. The van der Waals surface area contributed by atoms with E-state index in [2.05, 4.69) is 21.6 Å². The fourth-order valence-electron chi connectivity index (χ4n) is 5.12. The molecule has 0 spiro atoms. The smallest absolute Gasteiger partial charge is 0.271 e. The van der Waals surface area contributed by atoms with E-state index in [1.807, 2.05) is 19.9 Å². The van der Waals surface area contributed by atoms with E-state index in [4.69, 9.17) is 17.3 Å². The molecule has 3 N–H and O–H groups in total. The summed E-state index contributed by atoms with van der Waals surface area (Å²) in [6.07, 6.45) is 0.824. The van der Waals surface area contributed by atoms with Crippen LogP contribution in [0.4, 0.5) is 16.5 Å². The molecule has 1 unspecified atom stereocenters. The van der Waals surface area contributed by atoms with E-state index in [-0.39, 0.29) is 39.9 Å². The lowest BCUT2D eigenvalue weighted by Gasteiger charge is -2.42. The SMILES string of the molecule is CC1(C)CC(=O)C2=C(C1)N(c1nnc(SCC(=O)Nc3cccc([N+](=O)[O-])c3)s1)C(N)=C(C#N)C2c1cccc(Cl)c1. The molecule has 1 aromatic heterocycles. The van der Waals surface area contributed by atoms with Gasteiger partial charge in [-0.05, 0) is 35.6 Å². The van der Waals surface area contributed by atoms with Gasteiger partial charge in [0, 0.05) is 40.5 Å². The number of carbonyl (C=O) groups excluding carboxylic acids is 2. The van der Waals surface area contributed by atoms with Gasteiger partial charge >= 0.3 is 0 Å². The minimum absolute atomic E-state index is 0.0254. The van der Waals surface area contributed by atoms with Gasteiger partial charge in [0.1, 0.15) is 5.82 Å². The average molecular weight is 622 g/mol. The number of allylic oxidation sites excluding steroid dienone is 3. The number of rotatable bonds is 7. The number of nitrogens with one attached hydrogen (secondary N) is 1. The number of hydrogen-bond donors (Lipinski definition) is 2. The molecule has 0 radical (unpaired) electrons. The van der Waals surface area contributed by atoms with Gasteiger partial charge in [-0.1, -0.05) is 66.7 Å². The number of nitro benzene ring substituents is 1. The molecule has 1 amide bonds. The number of halogens is 1. The van der Waals surface area contributed by atoms with Crippen LogP contribution in [-0.2, 0) is 9.59 Å². The van der Waals surface area contributed by atoms with Gasteiger partial charge < -0.3 is 11.1 Å². The Morgan fingerprint density at radius 2 is 2.05 bits per heavy atom. The molecule has 0 fully saturated rings. The van der Waals surface area contributed by atoms with Crippen LogP contribution in [0, 0.1) is 26.9 Å². The number of ketones is 1. The number of aromatic nitrogens is 2. The third-order valence-electron chi connectivity index (χ3n) is 6.82. The van der Waals surface area contributed by atoms with E-state index >= 15 is 0 Å². The lowest BCUT2D eigenvalue weighted by Crippen LogP contribution is -2.42. The standard InChI is InChI=1S/C28H24ClN7O4S2/c1-28(2)11-20-24(21(37)12-28)23(15-5-3-6-16(29)9-15)19(13-30)25(31)35(20)26-33-34-27(42-26)41-14-22(38)32-17-7-4-8-18(10-17)36(39)40/h3-10,23H,11-12,14,31H2,1-2H3,(H,32,38). The highest BCUT2D eigenvalue weighted by Crippen LogP contribution is 2.51. The number of nitrogens with two attached hydrogens (primary N) is 1. The molecular formula is C28H24ClN7O4S2. The molecule has 1 aliphatic heterocycles. The molecule has 0 bridgehead atoms. The number of benzene rings is 2. The van der Waals surface area contributed by atoms with E-state index in [0.29, 0.717) is 49.9 Å². The Kier molecular flexibility index (Phi) is 8.05. The van der Waals surface area contributed by atoms with E-state index < -0.39 is 10.8 Å². The first-order valence-corrected chi connectivity index (χ1v) is 14.9. The second-order valence-corrected chi connectivity index (χ2v) is 13.1. The quantitative estimate of drug-likeness (QED) is 0.188. The third-order valence-corrected chi connectivity index (χ3v) is 9.09. The van der Waals surface area contributed by atoms with Crippen molar-refractivity contribution in [3.63, 3.8) is 0 Å². The lowest BCUT2D eigenvalue weighted by atomic mass is 9.69. The van der Waals surface area contributed by atoms with Gasteiger partial charge in [0.05, 0.1) is 28.2 Å². The second kappa shape index (κ2) is 11.6. The Morgan fingerprint density at radius 1 is 1.29 bits per heavy atom. The zero-order chi connectivity index (χ0) is 30.2. The number of carbonyl (C=O) groups is 2. The fourth-order valence-corrected chi connectivity index (χ4v) is 7.00. The Bertz CT molecular complexity index is 1730. The first-order chi connectivity index (χ1) is 20.0. The number of Topliss-reactive ketones (excluding diaryl/α,β-unsaturated/α-hetero) is 1. The molecule has 1 atom stereocenters. The Labute approximate surface area is 254 Å². The number of amides is 1. The van der Waals surface area contributed by atoms with E-state index in [1.165, 1.54) is 29.5 Å². The molecule has 42 heavy (non-hydrogen) atoms. The summed E-state index contributed by atoms with van der Waals surface area (Å²) >= 11 is 8.58. The second-order valence-electron chi connectivity index (χ2n) is 10.5. The summed E-state index contributed by atoms with van der Waals surface area (Å²) in [7, 11) is 0. The summed E-state index contributed by atoms with van der Waals surface area (Å²) in [6, 6.07) is 14.9. The van der Waals surface area contributed by atoms with E-state index in [9.17, 15) is 25.0 Å². The van der Waals surface area contributed by atoms with Crippen LogP contribution in [0.1, 0.15) is 38.2 Å². The van der Waals surface area contributed by atoms with Crippen LogP contribution < -0.4 is 16.0 Å². The number of non-ortho nitro benzene ring substituents is 1. The van der Waals surface area contributed by atoms with Gasteiger partial charge in [-0.25, -0.2) is 0 Å². The normalized spacial score (nSPS) is 18.0. The summed E-state index contributed by atoms with van der Waals surface area (Å²) in [5.74, 6) is -0.989. The van der Waals surface area contributed by atoms with Crippen LogP contribution in [0.25, 0.3) is 0 Å². The minimum atomic E-state index is -0.664. The van der Waals surface area contributed by atoms with Gasteiger partial charge in [-0.2, -0.15) is 5.26 Å². The molecule has 5 rings (SSSR count). The molecule has 14 heteroatoms. The summed E-state index contributed by atoms with van der Waals surface area (Å²) < 4.78 is 0.464. The first kappa shape index (κ1) is 29.2. The lowest BCUT2D eigenvalue weighted by molar-refractivity contribution is -0.384. The molecular weight excluding hydrogens is 598 g/mol. The number of anilines is 2. The van der Waals surface area contributed by atoms with Crippen molar-refractivity contribution in [3.05, 3.63) is 91.9 Å². The van der Waals surface area contributed by atoms with Crippen LogP contribution in [0.3, 0.4) is 0 Å². The van der Waals surface area contributed by atoms with Crippen LogP contribution in [0.2, 0.25) is 5.02 Å². The van der Waals surface area contributed by atoms with Gasteiger partial charge in [0.15, 0.2) is 10.1 Å². The molecule has 2 heterocycles. The average Bonchev–Trinajstić information content (AvgIpc) is 3.39. The van der Waals surface area contributed by atoms with Crippen molar-refractivity contribution < 1.29 is 14.5 Å². The van der Waals surface area contributed by atoms with Crippen molar-refractivity contribution in [2.75, 3.05) is 16.0 Å². The maximum absolute atomic E-state index is 13.6. The zero-order valence-electron chi connectivity index (χ0n) is 22.5. The molecule has 1 aliphatic carbocycles. The van der Waals surface area contributed by atoms with Crippen LogP contribution >= 0.6 is 34.7 Å². The van der Waals surface area contributed by atoms with Crippen LogP contribution in [0.5, 0.6) is 0 Å². The number of nitro groups is 1. The van der Waals surface area contributed by atoms with Gasteiger partial charge in [-0.15, -0.1) is 10.2 Å². The maximum atomic E-state index is 13.6. The van der Waals surface area contributed by atoms with E-state index in [0.717, 1.165) is 11.8 Å². The van der Waals surface area contributed by atoms with E-state index in [1.54, 1.807) is 29.2 Å². The van der Waals surface area contributed by atoms with Crippen molar-refractivity contribution in [1.29, 1.82) is 5.26 Å². The highest BCUT2D eigenvalue weighted by Gasteiger charge is 2.45. The van der Waals surface area contributed by atoms with Crippen LogP contribution in [0.15, 0.2) is 75.5 Å². The minimum Gasteiger partial charge on any atom is -0.384 e. The van der Waals surface area contributed by atoms with Crippen molar-refractivity contribution in [2.45, 2.75) is 36.9 Å². The van der Waals surface area contributed by atoms with Crippen molar-refractivity contribution in [2.24, 2.45) is 11.1 Å². The zero-order valence-corrected chi connectivity index (χ0v) is 24.8. The summed E-state index contributed by atoms with van der Waals surface area (Å²) in [4.78, 5) is 38.3. The maximum Gasteiger partial charge on any atom is 0.271 e. The van der Waals surface area contributed by atoms with Crippen LogP contribution in [-0.4, -0.2) is 32.6 Å². The van der Waals surface area contributed by atoms with Crippen molar-refractivity contribution >= 4 is 62.9 Å². The molecule has 2 aromatic carbocycles. The predicted octanol–water partition coefficient (Wildman–Crippen LogP) is 5.77. The number of nitriles is 1. The highest BCUT2D eigenvalue weighted by molar-refractivity contribution is 8.01.